The Morgan fingerprint density at radius 2 is 1.90 bits per heavy atom. The van der Waals surface area contributed by atoms with Crippen molar-refractivity contribution in [2.24, 2.45) is 0 Å². The van der Waals surface area contributed by atoms with Gasteiger partial charge in [-0.25, -0.2) is 0 Å². The van der Waals surface area contributed by atoms with E-state index in [0.29, 0.717) is 13.2 Å². The Morgan fingerprint density at radius 1 is 1.14 bits per heavy atom. The van der Waals surface area contributed by atoms with Crippen molar-refractivity contribution in [3.63, 3.8) is 0 Å². The minimum atomic E-state index is -0.0602. The quantitative estimate of drug-likeness (QED) is 0.886. The van der Waals surface area contributed by atoms with Gasteiger partial charge < -0.3 is 15.0 Å². The van der Waals surface area contributed by atoms with E-state index < -0.39 is 0 Å². The van der Waals surface area contributed by atoms with E-state index in [1.54, 1.807) is 0 Å². The summed E-state index contributed by atoms with van der Waals surface area (Å²) in [5.41, 5.74) is 1.75. The van der Waals surface area contributed by atoms with E-state index in [-0.39, 0.29) is 5.91 Å². The number of carbonyl (C=O) groups is 1. The van der Waals surface area contributed by atoms with Gasteiger partial charge in [0.1, 0.15) is 5.75 Å². The normalized spacial score (nSPS) is 10.0. The highest BCUT2D eigenvalue weighted by molar-refractivity contribution is 5.94. The number of amides is 1. The lowest BCUT2D eigenvalue weighted by Crippen LogP contribution is -2.29. The van der Waals surface area contributed by atoms with Crippen molar-refractivity contribution in [2.45, 2.75) is 6.92 Å². The van der Waals surface area contributed by atoms with Crippen LogP contribution in [0.1, 0.15) is 6.92 Å². The van der Waals surface area contributed by atoms with Crippen LogP contribution in [0.2, 0.25) is 0 Å². The van der Waals surface area contributed by atoms with Gasteiger partial charge in [0.25, 0.3) is 0 Å². The number of nitrogens with zero attached hydrogens (tertiary/aromatic N) is 1. The third-order valence-corrected chi connectivity index (χ3v) is 3.01. The topological polar surface area (TPSA) is 41.6 Å². The standard InChI is InChI=1S/C17H20N2O2/c1-3-21-16-11-7-8-14(12-16)18-17(20)13-19(2)15-9-5-4-6-10-15/h4-12H,3,13H2,1-2H3,(H,18,20). The smallest absolute Gasteiger partial charge is 0.243 e. The first kappa shape index (κ1) is 14.9. The number of anilines is 2. The third-order valence-electron chi connectivity index (χ3n) is 3.01. The Bertz CT molecular complexity index is 584. The van der Waals surface area contributed by atoms with Crippen LogP contribution >= 0.6 is 0 Å². The molecule has 2 aromatic carbocycles. The molecule has 0 bridgehead atoms. The summed E-state index contributed by atoms with van der Waals surface area (Å²) in [5, 5.41) is 2.88. The van der Waals surface area contributed by atoms with E-state index >= 15 is 0 Å². The molecule has 0 fully saturated rings. The van der Waals surface area contributed by atoms with Gasteiger partial charge in [0.15, 0.2) is 0 Å². The molecule has 0 aromatic heterocycles. The van der Waals surface area contributed by atoms with Crippen LogP contribution in [-0.4, -0.2) is 26.1 Å². The fourth-order valence-corrected chi connectivity index (χ4v) is 2.02. The molecule has 0 unspecified atom stereocenters. The van der Waals surface area contributed by atoms with Crippen LogP contribution in [0.3, 0.4) is 0 Å². The Kier molecular flexibility index (Phi) is 5.21. The molecule has 2 aromatic rings. The molecule has 4 nitrogen and oxygen atoms in total. The third kappa shape index (κ3) is 4.53. The van der Waals surface area contributed by atoms with E-state index in [1.807, 2.05) is 73.5 Å². The number of likely N-dealkylation sites (N-methyl/N-ethyl adjacent to an activating group) is 1. The monoisotopic (exact) mass is 284 g/mol. The lowest BCUT2D eigenvalue weighted by Gasteiger charge is -2.18. The van der Waals surface area contributed by atoms with Gasteiger partial charge in [-0.3, -0.25) is 4.79 Å². The summed E-state index contributed by atoms with van der Waals surface area (Å²) in [7, 11) is 1.89. The van der Waals surface area contributed by atoms with Crippen molar-refractivity contribution in [1.82, 2.24) is 0 Å². The highest BCUT2D eigenvalue weighted by atomic mass is 16.5. The highest BCUT2D eigenvalue weighted by Crippen LogP contribution is 2.17. The fourth-order valence-electron chi connectivity index (χ4n) is 2.02. The summed E-state index contributed by atoms with van der Waals surface area (Å²) in [6, 6.07) is 17.2. The van der Waals surface area contributed by atoms with Crippen LogP contribution in [0.15, 0.2) is 54.6 Å². The molecule has 0 aliphatic rings. The first-order chi connectivity index (χ1) is 10.2. The summed E-state index contributed by atoms with van der Waals surface area (Å²) < 4.78 is 5.42. The number of hydrogen-bond acceptors (Lipinski definition) is 3. The second-order valence-corrected chi connectivity index (χ2v) is 4.70. The van der Waals surface area contributed by atoms with Gasteiger partial charge in [-0.15, -0.1) is 0 Å². The van der Waals surface area contributed by atoms with Crippen molar-refractivity contribution in [3.8, 4) is 5.75 Å². The van der Waals surface area contributed by atoms with E-state index in [1.165, 1.54) is 0 Å². The molecule has 0 heterocycles. The fraction of sp³-hybridized carbons (Fsp3) is 0.235. The Balaban J connectivity index is 1.94. The SMILES string of the molecule is CCOc1cccc(NC(=O)CN(C)c2ccccc2)c1. The van der Waals surface area contributed by atoms with Crippen LogP contribution in [0, 0.1) is 0 Å². The summed E-state index contributed by atoms with van der Waals surface area (Å²) >= 11 is 0. The van der Waals surface area contributed by atoms with Crippen molar-refractivity contribution in [2.75, 3.05) is 30.4 Å². The molecule has 0 saturated carbocycles. The summed E-state index contributed by atoms with van der Waals surface area (Å²) in [6.45, 7) is 2.83. The average Bonchev–Trinajstić information content (AvgIpc) is 2.48. The van der Waals surface area contributed by atoms with Crippen molar-refractivity contribution in [3.05, 3.63) is 54.6 Å². The van der Waals surface area contributed by atoms with Crippen molar-refractivity contribution < 1.29 is 9.53 Å². The molecule has 21 heavy (non-hydrogen) atoms. The molecule has 0 aliphatic carbocycles. The molecule has 1 N–H and O–H groups in total. The van der Waals surface area contributed by atoms with Gasteiger partial charge in [-0.1, -0.05) is 24.3 Å². The van der Waals surface area contributed by atoms with Crippen molar-refractivity contribution >= 4 is 17.3 Å². The molecule has 110 valence electrons. The van der Waals surface area contributed by atoms with Gasteiger partial charge in [-0.2, -0.15) is 0 Å². The zero-order chi connectivity index (χ0) is 15.1. The molecule has 2 rings (SSSR count). The molecule has 0 aliphatic heterocycles. The van der Waals surface area contributed by atoms with Crippen LogP contribution in [-0.2, 0) is 4.79 Å². The Labute approximate surface area is 125 Å². The molecular formula is C17H20N2O2. The number of ether oxygens (including phenoxy) is 1. The second kappa shape index (κ2) is 7.33. The van der Waals surface area contributed by atoms with Crippen LogP contribution in [0.4, 0.5) is 11.4 Å². The molecule has 0 spiro atoms. The van der Waals surface area contributed by atoms with Gasteiger partial charge >= 0.3 is 0 Å². The Morgan fingerprint density at radius 3 is 2.62 bits per heavy atom. The summed E-state index contributed by atoms with van der Waals surface area (Å²) in [4.78, 5) is 14.0. The number of rotatable bonds is 6. The summed E-state index contributed by atoms with van der Waals surface area (Å²) in [5.74, 6) is 0.696. The minimum absolute atomic E-state index is 0.0602. The van der Waals surface area contributed by atoms with Gasteiger partial charge in [0.2, 0.25) is 5.91 Å². The van der Waals surface area contributed by atoms with Crippen LogP contribution in [0.5, 0.6) is 5.75 Å². The summed E-state index contributed by atoms with van der Waals surface area (Å²) in [6.07, 6.45) is 0. The number of hydrogen-bond donors (Lipinski definition) is 1. The zero-order valence-electron chi connectivity index (χ0n) is 12.4. The van der Waals surface area contributed by atoms with Gasteiger partial charge in [-0.05, 0) is 31.2 Å². The largest absolute Gasteiger partial charge is 0.494 e. The maximum atomic E-state index is 12.1. The predicted octanol–water partition coefficient (Wildman–Crippen LogP) is 3.16. The lowest BCUT2D eigenvalue weighted by atomic mass is 10.3. The van der Waals surface area contributed by atoms with Crippen LogP contribution < -0.4 is 15.0 Å². The molecular weight excluding hydrogens is 264 g/mol. The van der Waals surface area contributed by atoms with Gasteiger partial charge in [0.05, 0.1) is 13.2 Å². The molecule has 0 radical (unpaired) electrons. The maximum absolute atomic E-state index is 12.1. The predicted molar refractivity (Wildman–Crippen MR) is 86.0 cm³/mol. The Hall–Kier alpha value is -2.49. The van der Waals surface area contributed by atoms with E-state index in [2.05, 4.69) is 5.32 Å². The average molecular weight is 284 g/mol. The van der Waals surface area contributed by atoms with E-state index in [9.17, 15) is 4.79 Å². The first-order valence-corrected chi connectivity index (χ1v) is 6.98. The molecule has 1 amide bonds. The number of carbonyl (C=O) groups excluding carboxylic acids is 1. The van der Waals surface area contributed by atoms with Crippen LogP contribution in [0.25, 0.3) is 0 Å². The van der Waals surface area contributed by atoms with E-state index in [4.69, 9.17) is 4.74 Å². The number of para-hydroxylation sites is 1. The molecule has 4 heteroatoms. The highest BCUT2D eigenvalue weighted by Gasteiger charge is 2.08. The lowest BCUT2D eigenvalue weighted by molar-refractivity contribution is -0.114. The maximum Gasteiger partial charge on any atom is 0.243 e. The molecule has 0 saturated heterocycles. The zero-order valence-corrected chi connectivity index (χ0v) is 12.4. The minimum Gasteiger partial charge on any atom is -0.494 e. The van der Waals surface area contributed by atoms with E-state index in [0.717, 1.165) is 17.1 Å². The first-order valence-electron chi connectivity index (χ1n) is 6.98. The van der Waals surface area contributed by atoms with Gasteiger partial charge in [0, 0.05) is 24.5 Å². The number of benzene rings is 2. The van der Waals surface area contributed by atoms with Crippen molar-refractivity contribution in [1.29, 1.82) is 0 Å². The number of nitrogens with one attached hydrogen (secondary N) is 1. The molecule has 0 atom stereocenters. The second-order valence-electron chi connectivity index (χ2n) is 4.70.